The predicted octanol–water partition coefficient (Wildman–Crippen LogP) is 5.79. The van der Waals surface area contributed by atoms with Crippen molar-refractivity contribution in [1.29, 1.82) is 0 Å². The van der Waals surface area contributed by atoms with Gasteiger partial charge in [0.15, 0.2) is 0 Å². The second-order valence-corrected chi connectivity index (χ2v) is 13.0. The monoisotopic (exact) mass is 502 g/mol. The summed E-state index contributed by atoms with van der Waals surface area (Å²) in [7, 11) is 1.48. The molecule has 4 saturated carbocycles. The summed E-state index contributed by atoms with van der Waals surface area (Å²) in [5, 5.41) is 5.52. The highest BCUT2D eigenvalue weighted by atomic mass is 16.5. The van der Waals surface area contributed by atoms with Crippen LogP contribution in [0.25, 0.3) is 0 Å². The zero-order chi connectivity index (χ0) is 26.1. The molecular formula is C29H46N2O5. The van der Waals surface area contributed by atoms with E-state index in [-0.39, 0.29) is 30.8 Å². The summed E-state index contributed by atoms with van der Waals surface area (Å²) in [5.74, 6) is 3.27. The maximum Gasteiger partial charge on any atom is 0.305 e. The summed E-state index contributed by atoms with van der Waals surface area (Å²) in [4.78, 5) is 45.4. The molecule has 1 N–H and O–H groups in total. The second-order valence-electron chi connectivity index (χ2n) is 13.0. The van der Waals surface area contributed by atoms with Crippen LogP contribution in [0.5, 0.6) is 0 Å². The van der Waals surface area contributed by atoms with Gasteiger partial charge in [0.05, 0.1) is 7.11 Å². The molecule has 0 heterocycles. The van der Waals surface area contributed by atoms with Gasteiger partial charge in [0.2, 0.25) is 5.91 Å². The first-order valence-electron chi connectivity index (χ1n) is 14.3. The van der Waals surface area contributed by atoms with Crippen LogP contribution in [-0.2, 0) is 19.1 Å². The van der Waals surface area contributed by atoms with Gasteiger partial charge >= 0.3 is 5.97 Å². The lowest BCUT2D eigenvalue weighted by atomic mass is 9.44. The van der Waals surface area contributed by atoms with E-state index in [1.54, 1.807) is 0 Å². The largest absolute Gasteiger partial charge is 0.469 e. The molecule has 202 valence electrons. The minimum absolute atomic E-state index is 0.0488. The van der Waals surface area contributed by atoms with Crippen molar-refractivity contribution in [2.24, 2.45) is 51.5 Å². The summed E-state index contributed by atoms with van der Waals surface area (Å²) in [6.45, 7) is 7.45. The zero-order valence-corrected chi connectivity index (χ0v) is 22.7. The Morgan fingerprint density at radius 2 is 1.67 bits per heavy atom. The van der Waals surface area contributed by atoms with Gasteiger partial charge in [-0.2, -0.15) is 0 Å². The average molecular weight is 503 g/mol. The number of hydrogen-bond acceptors (Lipinski definition) is 5. The van der Waals surface area contributed by atoms with Crippen molar-refractivity contribution in [3.8, 4) is 0 Å². The molecular weight excluding hydrogens is 456 g/mol. The fourth-order valence-electron chi connectivity index (χ4n) is 9.58. The Bertz CT molecular complexity index is 861. The van der Waals surface area contributed by atoms with Crippen molar-refractivity contribution >= 4 is 17.8 Å². The number of amides is 2. The number of fused-ring (bicyclic) bond motifs is 5. The SMILES string of the molecule is COC(=O)CCC(C)C1CCC2C3CCC4CC(NC(=O)CCC(=O)N=O)CCC4(C)C3CCC12C. The summed E-state index contributed by atoms with van der Waals surface area (Å²) < 4.78 is 4.89. The summed E-state index contributed by atoms with van der Waals surface area (Å²) >= 11 is 0. The van der Waals surface area contributed by atoms with Gasteiger partial charge in [0, 0.05) is 30.5 Å². The summed E-state index contributed by atoms with van der Waals surface area (Å²) in [5.41, 5.74) is 0.732. The number of methoxy groups -OCH3 is 1. The Hall–Kier alpha value is -1.79. The van der Waals surface area contributed by atoms with Crippen LogP contribution in [0.2, 0.25) is 0 Å². The fraction of sp³-hybridized carbons (Fsp3) is 0.897. The predicted molar refractivity (Wildman–Crippen MR) is 138 cm³/mol. The van der Waals surface area contributed by atoms with E-state index in [0.29, 0.717) is 35.0 Å². The number of ether oxygens (including phenoxy) is 1. The number of hydrogen-bond donors (Lipinski definition) is 1. The third-order valence-electron chi connectivity index (χ3n) is 11.5. The number of nitrogens with one attached hydrogen (secondary N) is 1. The molecule has 7 nitrogen and oxygen atoms in total. The first-order chi connectivity index (χ1) is 17.1. The molecule has 0 spiro atoms. The molecule has 36 heavy (non-hydrogen) atoms. The zero-order valence-electron chi connectivity index (χ0n) is 22.7. The van der Waals surface area contributed by atoms with Gasteiger partial charge in [-0.05, 0) is 111 Å². The first-order valence-corrected chi connectivity index (χ1v) is 14.3. The molecule has 0 aliphatic heterocycles. The highest BCUT2D eigenvalue weighted by Crippen LogP contribution is 2.68. The standard InChI is InChI=1S/C29H46N2O5/c1-18(5-12-27(34)36-4)22-8-9-23-21-7-6-19-17-20(30-25(32)10-11-26(33)31-35)13-15-28(19,2)24(21)14-16-29(22,23)3/h18-24H,5-17H2,1-4H3,(H,30,32). The molecule has 2 amide bonds. The second kappa shape index (κ2) is 10.9. The number of carbonyl (C=O) groups excluding carboxylic acids is 3. The third-order valence-corrected chi connectivity index (χ3v) is 11.5. The van der Waals surface area contributed by atoms with Gasteiger partial charge in [-0.1, -0.05) is 20.8 Å². The van der Waals surface area contributed by atoms with Crippen molar-refractivity contribution in [3.05, 3.63) is 4.91 Å². The molecule has 0 aromatic rings. The number of nitrogens with zero attached hydrogens (tertiary/aromatic N) is 1. The van der Waals surface area contributed by atoms with Crippen LogP contribution in [0.3, 0.4) is 0 Å². The van der Waals surface area contributed by atoms with Crippen LogP contribution < -0.4 is 5.32 Å². The number of esters is 1. The van der Waals surface area contributed by atoms with Crippen LogP contribution in [0.1, 0.15) is 104 Å². The summed E-state index contributed by atoms with van der Waals surface area (Å²) in [6, 6.07) is 0.173. The fourth-order valence-corrected chi connectivity index (χ4v) is 9.58. The highest BCUT2D eigenvalue weighted by molar-refractivity contribution is 5.84. The molecule has 4 aliphatic carbocycles. The van der Waals surface area contributed by atoms with Crippen molar-refractivity contribution in [2.75, 3.05) is 7.11 Å². The van der Waals surface area contributed by atoms with Crippen LogP contribution in [0.4, 0.5) is 0 Å². The van der Waals surface area contributed by atoms with Gasteiger partial charge in [0.1, 0.15) is 0 Å². The van der Waals surface area contributed by atoms with E-state index in [9.17, 15) is 19.3 Å². The number of carbonyl (C=O) groups is 3. The number of rotatable bonds is 8. The smallest absolute Gasteiger partial charge is 0.305 e. The van der Waals surface area contributed by atoms with Crippen molar-refractivity contribution in [3.63, 3.8) is 0 Å². The molecule has 0 bridgehead atoms. The molecule has 7 heteroatoms. The minimum atomic E-state index is -0.754. The van der Waals surface area contributed by atoms with E-state index < -0.39 is 5.91 Å². The minimum Gasteiger partial charge on any atom is -0.469 e. The molecule has 4 aliphatic rings. The topological polar surface area (TPSA) is 102 Å². The van der Waals surface area contributed by atoms with Crippen LogP contribution in [0, 0.1) is 51.2 Å². The van der Waals surface area contributed by atoms with Gasteiger partial charge in [0.25, 0.3) is 5.91 Å². The molecule has 0 saturated heterocycles. The van der Waals surface area contributed by atoms with E-state index in [4.69, 9.17) is 4.74 Å². The molecule has 4 rings (SSSR count). The van der Waals surface area contributed by atoms with Gasteiger partial charge in [-0.3, -0.25) is 14.4 Å². The van der Waals surface area contributed by atoms with Crippen molar-refractivity contribution in [2.45, 2.75) is 110 Å². The quantitative estimate of drug-likeness (QED) is 0.334. The Labute approximate surface area is 216 Å². The van der Waals surface area contributed by atoms with Gasteiger partial charge in [-0.25, -0.2) is 0 Å². The van der Waals surface area contributed by atoms with E-state index >= 15 is 0 Å². The van der Waals surface area contributed by atoms with E-state index in [1.807, 2.05) is 0 Å². The average Bonchev–Trinajstić information content (AvgIpc) is 3.23. The highest BCUT2D eigenvalue weighted by Gasteiger charge is 2.60. The molecule has 0 aromatic heterocycles. The van der Waals surface area contributed by atoms with Crippen molar-refractivity contribution < 1.29 is 19.1 Å². The van der Waals surface area contributed by atoms with Crippen LogP contribution >= 0.6 is 0 Å². The van der Waals surface area contributed by atoms with Crippen molar-refractivity contribution in [1.82, 2.24) is 5.32 Å². The van der Waals surface area contributed by atoms with E-state index in [2.05, 4.69) is 31.3 Å². The lowest BCUT2D eigenvalue weighted by Crippen LogP contribution is -2.55. The normalized spacial score (nSPS) is 40.2. The molecule has 0 radical (unpaired) electrons. The lowest BCUT2D eigenvalue weighted by molar-refractivity contribution is -0.141. The molecule has 4 fully saturated rings. The van der Waals surface area contributed by atoms with E-state index in [0.717, 1.165) is 43.4 Å². The Morgan fingerprint density at radius 1 is 0.944 bits per heavy atom. The Morgan fingerprint density at radius 3 is 2.39 bits per heavy atom. The Balaban J connectivity index is 1.37. The molecule has 9 atom stereocenters. The molecule has 0 aromatic carbocycles. The van der Waals surface area contributed by atoms with E-state index in [1.165, 1.54) is 45.6 Å². The molecule has 9 unspecified atom stereocenters. The van der Waals surface area contributed by atoms with Crippen LogP contribution in [0.15, 0.2) is 5.18 Å². The maximum absolute atomic E-state index is 12.3. The summed E-state index contributed by atoms with van der Waals surface area (Å²) in [6.07, 6.45) is 12.4. The number of nitroso groups, excluding NO2 is 1. The first kappa shape index (κ1) is 27.3. The van der Waals surface area contributed by atoms with Gasteiger partial charge in [-0.15, -0.1) is 4.91 Å². The van der Waals surface area contributed by atoms with Gasteiger partial charge < -0.3 is 10.1 Å². The Kier molecular flexibility index (Phi) is 8.25. The lowest BCUT2D eigenvalue weighted by Gasteiger charge is -2.61. The maximum atomic E-state index is 12.3. The third kappa shape index (κ3) is 5.13. The van der Waals surface area contributed by atoms with Crippen LogP contribution in [-0.4, -0.2) is 30.9 Å².